The van der Waals surface area contributed by atoms with Crippen molar-refractivity contribution in [2.24, 2.45) is 5.92 Å². The molecule has 0 radical (unpaired) electrons. The fourth-order valence-electron chi connectivity index (χ4n) is 5.58. The summed E-state index contributed by atoms with van der Waals surface area (Å²) >= 11 is 0. The number of hydrogen-bond donors (Lipinski definition) is 2. The lowest BCUT2D eigenvalue weighted by Gasteiger charge is -2.22. The Balaban J connectivity index is 1.37. The molecule has 3 aromatic carbocycles. The second-order valence-corrected chi connectivity index (χ2v) is 10.7. The first kappa shape index (κ1) is 27.7. The van der Waals surface area contributed by atoms with E-state index >= 15 is 0 Å². The van der Waals surface area contributed by atoms with Crippen LogP contribution in [0.3, 0.4) is 0 Å². The summed E-state index contributed by atoms with van der Waals surface area (Å²) in [5, 5.41) is 7.18. The molecular formula is C33H30F3N5O. The quantitative estimate of drug-likeness (QED) is 0.225. The van der Waals surface area contributed by atoms with Crippen molar-refractivity contribution in [1.29, 1.82) is 0 Å². The molecule has 0 aliphatic carbocycles. The van der Waals surface area contributed by atoms with Gasteiger partial charge in [0, 0.05) is 22.8 Å². The summed E-state index contributed by atoms with van der Waals surface area (Å²) in [4.78, 5) is 22.9. The van der Waals surface area contributed by atoms with E-state index in [0.29, 0.717) is 22.4 Å². The summed E-state index contributed by atoms with van der Waals surface area (Å²) in [6, 6.07) is 24.1. The Bertz CT molecular complexity index is 1740. The number of halogens is 3. The van der Waals surface area contributed by atoms with Gasteiger partial charge in [-0.3, -0.25) is 9.36 Å². The van der Waals surface area contributed by atoms with Gasteiger partial charge in [0.25, 0.3) is 5.56 Å². The van der Waals surface area contributed by atoms with Crippen molar-refractivity contribution in [1.82, 2.24) is 19.9 Å². The molecule has 1 aliphatic heterocycles. The highest BCUT2D eigenvalue weighted by Gasteiger charge is 2.33. The molecule has 2 N–H and O–H groups in total. The molecule has 1 fully saturated rings. The van der Waals surface area contributed by atoms with Gasteiger partial charge in [-0.15, -0.1) is 0 Å². The molecule has 1 unspecified atom stereocenters. The van der Waals surface area contributed by atoms with Crippen LogP contribution in [0.15, 0.2) is 95.9 Å². The second kappa shape index (κ2) is 11.8. The van der Waals surface area contributed by atoms with Crippen molar-refractivity contribution in [3.63, 3.8) is 0 Å². The Morgan fingerprint density at radius 1 is 0.976 bits per heavy atom. The third-order valence-electron chi connectivity index (χ3n) is 7.70. The average molecular weight is 570 g/mol. The molecule has 0 saturated carbocycles. The third-order valence-corrected chi connectivity index (χ3v) is 7.70. The second-order valence-electron chi connectivity index (χ2n) is 10.7. The van der Waals surface area contributed by atoms with Gasteiger partial charge in [0.1, 0.15) is 5.65 Å². The van der Waals surface area contributed by atoms with Gasteiger partial charge >= 0.3 is 6.18 Å². The molecule has 0 bridgehead atoms. The minimum Gasteiger partial charge on any atom is -0.324 e. The van der Waals surface area contributed by atoms with Crippen molar-refractivity contribution in [3.8, 4) is 11.1 Å². The van der Waals surface area contributed by atoms with Gasteiger partial charge in [0.05, 0.1) is 12.1 Å². The fraction of sp³-hybridized carbons (Fsp3) is 0.242. The summed E-state index contributed by atoms with van der Waals surface area (Å²) in [5.41, 5.74) is 2.06. The summed E-state index contributed by atoms with van der Waals surface area (Å²) in [5.74, 6) is 0.873. The summed E-state index contributed by atoms with van der Waals surface area (Å²) in [6.45, 7) is 1.82. The van der Waals surface area contributed by atoms with Crippen molar-refractivity contribution < 1.29 is 13.2 Å². The number of pyridine rings is 1. The van der Waals surface area contributed by atoms with Crippen LogP contribution in [-0.4, -0.2) is 27.6 Å². The molecule has 42 heavy (non-hydrogen) atoms. The molecule has 1 atom stereocenters. The first-order valence-corrected chi connectivity index (χ1v) is 14.0. The van der Waals surface area contributed by atoms with E-state index in [1.54, 1.807) is 24.4 Å². The van der Waals surface area contributed by atoms with Gasteiger partial charge in [-0.1, -0.05) is 60.7 Å². The van der Waals surface area contributed by atoms with Crippen molar-refractivity contribution in [2.75, 3.05) is 18.4 Å². The number of fused-ring (bicyclic) bond motifs is 1. The maximum atomic E-state index is 13.8. The monoisotopic (exact) mass is 569 g/mol. The summed E-state index contributed by atoms with van der Waals surface area (Å²) in [6.07, 6.45) is 0.457. The number of hydrogen-bond acceptors (Lipinski definition) is 5. The Labute approximate surface area is 241 Å². The topological polar surface area (TPSA) is 71.8 Å². The van der Waals surface area contributed by atoms with E-state index in [2.05, 4.69) is 32.7 Å². The van der Waals surface area contributed by atoms with Gasteiger partial charge in [0.2, 0.25) is 5.95 Å². The van der Waals surface area contributed by atoms with Crippen molar-refractivity contribution in [2.45, 2.75) is 32.0 Å². The molecule has 5 aromatic rings. The molecule has 6 rings (SSSR count). The molecule has 214 valence electrons. The molecular weight excluding hydrogens is 539 g/mol. The molecule has 6 nitrogen and oxygen atoms in total. The maximum Gasteiger partial charge on any atom is 0.416 e. The van der Waals surface area contributed by atoms with Crippen molar-refractivity contribution >= 4 is 22.7 Å². The third kappa shape index (κ3) is 6.06. The number of anilines is 2. The molecule has 3 heterocycles. The number of nitrogens with one attached hydrogen (secondary N) is 2. The Morgan fingerprint density at radius 3 is 2.48 bits per heavy atom. The normalized spacial score (nSPS) is 15.5. The largest absolute Gasteiger partial charge is 0.416 e. The Hall–Kier alpha value is -4.50. The standard InChI is InChI=1S/C33H30F3N5O/c34-33(35,36)29-11-5-4-10-25(29)21-41-30-26(18-28(31(41)42)24-8-2-1-3-9-24)20-38-32(40-30)39-27-14-12-22(13-15-27)17-23-7-6-16-37-19-23/h1-5,8-15,18,20,23,37H,6-7,16-17,19,21H2,(H,38,39,40). The molecule has 0 spiro atoms. The Morgan fingerprint density at radius 2 is 1.74 bits per heavy atom. The lowest BCUT2D eigenvalue weighted by atomic mass is 9.92. The first-order valence-electron chi connectivity index (χ1n) is 14.0. The van der Waals surface area contributed by atoms with Crippen LogP contribution < -0.4 is 16.2 Å². The molecule has 1 saturated heterocycles. The van der Waals surface area contributed by atoms with Crippen LogP contribution in [0.5, 0.6) is 0 Å². The summed E-state index contributed by atoms with van der Waals surface area (Å²) < 4.78 is 42.9. The highest BCUT2D eigenvalue weighted by molar-refractivity contribution is 5.82. The van der Waals surface area contributed by atoms with Crippen LogP contribution >= 0.6 is 0 Å². The zero-order valence-corrected chi connectivity index (χ0v) is 22.9. The number of rotatable bonds is 7. The van der Waals surface area contributed by atoms with Crippen LogP contribution in [-0.2, 0) is 19.1 Å². The first-order chi connectivity index (χ1) is 20.3. The van der Waals surface area contributed by atoms with E-state index in [0.717, 1.165) is 31.3 Å². The number of nitrogens with zero attached hydrogens (tertiary/aromatic N) is 3. The van der Waals surface area contributed by atoms with E-state index < -0.39 is 17.3 Å². The zero-order valence-electron chi connectivity index (χ0n) is 22.9. The van der Waals surface area contributed by atoms with Crippen LogP contribution in [0.2, 0.25) is 0 Å². The van der Waals surface area contributed by atoms with Crippen LogP contribution in [0.25, 0.3) is 22.2 Å². The molecule has 2 aromatic heterocycles. The predicted octanol–water partition coefficient (Wildman–Crippen LogP) is 6.81. The number of alkyl halides is 3. The number of piperidine rings is 1. The highest BCUT2D eigenvalue weighted by Crippen LogP contribution is 2.33. The van der Waals surface area contributed by atoms with Crippen molar-refractivity contribution in [3.05, 3.63) is 118 Å². The zero-order chi connectivity index (χ0) is 29.1. The molecule has 1 aliphatic rings. The SMILES string of the molecule is O=c1c(-c2ccccc2)cc2cnc(Nc3ccc(CC4CCCNC4)cc3)nc2n1Cc1ccccc1C(F)(F)F. The lowest BCUT2D eigenvalue weighted by Crippen LogP contribution is -2.30. The smallest absolute Gasteiger partial charge is 0.324 e. The van der Waals surface area contributed by atoms with Gasteiger partial charge < -0.3 is 10.6 Å². The predicted molar refractivity (Wildman–Crippen MR) is 159 cm³/mol. The van der Waals surface area contributed by atoms with E-state index in [4.69, 9.17) is 0 Å². The molecule has 9 heteroatoms. The van der Waals surface area contributed by atoms with Crippen LogP contribution in [0.4, 0.5) is 24.8 Å². The van der Waals surface area contributed by atoms with E-state index in [9.17, 15) is 18.0 Å². The summed E-state index contributed by atoms with van der Waals surface area (Å²) in [7, 11) is 0. The lowest BCUT2D eigenvalue weighted by molar-refractivity contribution is -0.138. The van der Waals surface area contributed by atoms with Gasteiger partial charge in [-0.2, -0.15) is 18.2 Å². The fourth-order valence-corrected chi connectivity index (χ4v) is 5.58. The van der Waals surface area contributed by atoms with Gasteiger partial charge in [-0.05, 0) is 79.2 Å². The van der Waals surface area contributed by atoms with Gasteiger partial charge in [0.15, 0.2) is 0 Å². The minimum atomic E-state index is -4.56. The number of aromatic nitrogens is 3. The molecule has 0 amide bonds. The van der Waals surface area contributed by atoms with Gasteiger partial charge in [-0.25, -0.2) is 4.98 Å². The van der Waals surface area contributed by atoms with E-state index in [1.807, 2.05) is 30.3 Å². The van der Waals surface area contributed by atoms with E-state index in [1.165, 1.54) is 41.2 Å². The minimum absolute atomic E-state index is 0.0181. The maximum absolute atomic E-state index is 13.8. The highest BCUT2D eigenvalue weighted by atomic mass is 19.4. The average Bonchev–Trinajstić information content (AvgIpc) is 3.00. The van der Waals surface area contributed by atoms with E-state index in [-0.39, 0.29) is 23.7 Å². The van der Waals surface area contributed by atoms with Crippen LogP contribution in [0.1, 0.15) is 29.5 Å². The Kier molecular flexibility index (Phi) is 7.75. The van der Waals surface area contributed by atoms with Crippen LogP contribution in [0, 0.1) is 5.92 Å². The number of benzene rings is 3.